The Hall–Kier alpha value is -0.610. The lowest BCUT2D eigenvalue weighted by molar-refractivity contribution is 0.469. The number of halogens is 1. The van der Waals surface area contributed by atoms with Gasteiger partial charge in [0, 0.05) is 5.92 Å². The van der Waals surface area contributed by atoms with E-state index in [0.717, 1.165) is 20.3 Å². The molecule has 1 aromatic carbocycles. The van der Waals surface area contributed by atoms with E-state index in [1.165, 1.54) is 17.8 Å². The van der Waals surface area contributed by atoms with E-state index < -0.39 is 0 Å². The van der Waals surface area contributed by atoms with Crippen molar-refractivity contribution in [2.75, 3.05) is 0 Å². The summed E-state index contributed by atoms with van der Waals surface area (Å²) in [5.41, 5.74) is 1.88. The molecule has 1 saturated carbocycles. The van der Waals surface area contributed by atoms with Gasteiger partial charge in [0.05, 0.1) is 19.7 Å². The fourth-order valence-electron chi connectivity index (χ4n) is 1.66. The Morgan fingerprint density at radius 2 is 2.27 bits per heavy atom. The average Bonchev–Trinajstić information content (AvgIpc) is 2.97. The van der Waals surface area contributed by atoms with Crippen LogP contribution >= 0.6 is 27.3 Å². The van der Waals surface area contributed by atoms with Crippen LogP contribution in [-0.4, -0.2) is 10.1 Å². The molecule has 2 aromatic rings. The lowest BCUT2D eigenvalue weighted by Gasteiger charge is -2.00. The lowest BCUT2D eigenvalue weighted by Crippen LogP contribution is -1.78. The van der Waals surface area contributed by atoms with Crippen LogP contribution < -0.4 is 0 Å². The normalized spacial score (nSPS) is 16.1. The summed E-state index contributed by atoms with van der Waals surface area (Å²) >= 11 is 5.13. The number of hydrogen-bond acceptors (Lipinski definition) is 3. The van der Waals surface area contributed by atoms with Crippen molar-refractivity contribution in [3.05, 3.63) is 21.1 Å². The second kappa shape index (κ2) is 3.19. The van der Waals surface area contributed by atoms with Gasteiger partial charge in [0.2, 0.25) is 0 Å². The molecule has 3 rings (SSSR count). The Morgan fingerprint density at radius 1 is 1.53 bits per heavy atom. The number of aromatic hydroxyl groups is 1. The minimum Gasteiger partial charge on any atom is -0.506 e. The molecule has 1 aliphatic carbocycles. The topological polar surface area (TPSA) is 33.1 Å². The van der Waals surface area contributed by atoms with Crippen LogP contribution in [0.5, 0.6) is 5.75 Å². The van der Waals surface area contributed by atoms with E-state index >= 15 is 0 Å². The van der Waals surface area contributed by atoms with Crippen molar-refractivity contribution in [2.24, 2.45) is 0 Å². The molecule has 2 nitrogen and oxygen atoms in total. The number of aryl methyl sites for hydroxylation is 1. The Balaban J connectivity index is 2.29. The van der Waals surface area contributed by atoms with Crippen molar-refractivity contribution in [3.63, 3.8) is 0 Å². The van der Waals surface area contributed by atoms with Crippen molar-refractivity contribution in [2.45, 2.75) is 25.7 Å². The molecule has 1 aliphatic rings. The fraction of sp³-hybridized carbons (Fsp3) is 0.364. The summed E-state index contributed by atoms with van der Waals surface area (Å²) < 4.78 is 1.86. The average molecular weight is 284 g/mol. The molecule has 1 N–H and O–H groups in total. The zero-order chi connectivity index (χ0) is 10.6. The van der Waals surface area contributed by atoms with Crippen molar-refractivity contribution in [1.82, 2.24) is 4.98 Å². The molecule has 1 fully saturated rings. The van der Waals surface area contributed by atoms with Crippen LogP contribution in [-0.2, 0) is 0 Å². The van der Waals surface area contributed by atoms with Crippen LogP contribution in [0.1, 0.15) is 29.3 Å². The number of phenolic OH excluding ortho intramolecular Hbond substituents is 1. The van der Waals surface area contributed by atoms with Crippen molar-refractivity contribution in [1.29, 1.82) is 0 Å². The predicted octanol–water partition coefficient (Wildman–Crippen LogP) is 3.95. The van der Waals surface area contributed by atoms with Crippen LogP contribution in [0, 0.1) is 6.92 Å². The Morgan fingerprint density at radius 3 is 2.93 bits per heavy atom. The van der Waals surface area contributed by atoms with E-state index in [0.29, 0.717) is 11.7 Å². The number of fused-ring (bicyclic) bond motifs is 1. The predicted molar refractivity (Wildman–Crippen MR) is 65.7 cm³/mol. The molecule has 0 radical (unpaired) electrons. The van der Waals surface area contributed by atoms with Crippen LogP contribution in [0.25, 0.3) is 10.2 Å². The minimum absolute atomic E-state index is 0.341. The third-order valence-electron chi connectivity index (χ3n) is 2.73. The van der Waals surface area contributed by atoms with Crippen LogP contribution in [0.3, 0.4) is 0 Å². The highest BCUT2D eigenvalue weighted by molar-refractivity contribution is 9.10. The maximum absolute atomic E-state index is 9.80. The fourth-order valence-corrected chi connectivity index (χ4v) is 3.57. The third kappa shape index (κ3) is 1.47. The molecule has 4 heteroatoms. The maximum atomic E-state index is 9.80. The van der Waals surface area contributed by atoms with Gasteiger partial charge in [-0.3, -0.25) is 0 Å². The van der Waals surface area contributed by atoms with Gasteiger partial charge in [-0.2, -0.15) is 0 Å². The second-order valence-electron chi connectivity index (χ2n) is 4.03. The van der Waals surface area contributed by atoms with Gasteiger partial charge in [-0.05, 0) is 47.3 Å². The molecule has 15 heavy (non-hydrogen) atoms. The van der Waals surface area contributed by atoms with E-state index in [9.17, 15) is 5.11 Å². The first-order valence-electron chi connectivity index (χ1n) is 4.95. The number of nitrogens with zero attached hydrogens (tertiary/aromatic N) is 1. The van der Waals surface area contributed by atoms with Gasteiger partial charge >= 0.3 is 0 Å². The van der Waals surface area contributed by atoms with Crippen molar-refractivity contribution < 1.29 is 5.11 Å². The summed E-state index contributed by atoms with van der Waals surface area (Å²) in [6.45, 7) is 1.90. The number of rotatable bonds is 1. The summed E-state index contributed by atoms with van der Waals surface area (Å²) in [6.07, 6.45) is 2.53. The largest absolute Gasteiger partial charge is 0.506 e. The minimum atomic E-state index is 0.341. The smallest absolute Gasteiger partial charge is 0.134 e. The zero-order valence-corrected chi connectivity index (χ0v) is 10.7. The molecule has 0 saturated heterocycles. The highest BCUT2D eigenvalue weighted by Crippen LogP contribution is 2.46. The Bertz CT molecular complexity index is 545. The monoisotopic (exact) mass is 283 g/mol. The molecule has 78 valence electrons. The third-order valence-corrected chi connectivity index (χ3v) is 5.02. The molecule has 0 aliphatic heterocycles. The SMILES string of the molecule is Cc1cc2nc(C3CC3)sc2c(Br)c1O. The van der Waals surface area contributed by atoms with E-state index in [1.54, 1.807) is 11.3 Å². The first kappa shape index (κ1) is 9.60. The van der Waals surface area contributed by atoms with Crippen LogP contribution in [0.4, 0.5) is 0 Å². The first-order chi connectivity index (χ1) is 7.16. The van der Waals surface area contributed by atoms with E-state index in [4.69, 9.17) is 0 Å². The molecule has 0 spiro atoms. The number of hydrogen-bond donors (Lipinski definition) is 1. The van der Waals surface area contributed by atoms with Crippen molar-refractivity contribution in [3.8, 4) is 5.75 Å². The summed E-state index contributed by atoms with van der Waals surface area (Å²) in [4.78, 5) is 4.61. The lowest BCUT2D eigenvalue weighted by atomic mass is 10.2. The number of benzene rings is 1. The van der Waals surface area contributed by atoms with Gasteiger partial charge in [-0.25, -0.2) is 4.98 Å². The first-order valence-corrected chi connectivity index (χ1v) is 6.56. The van der Waals surface area contributed by atoms with E-state index in [-0.39, 0.29) is 0 Å². The molecule has 1 heterocycles. The van der Waals surface area contributed by atoms with Gasteiger partial charge < -0.3 is 5.11 Å². The standard InChI is InChI=1S/C11H10BrNOS/c1-5-4-7-10(8(12)9(5)14)15-11(13-7)6-2-3-6/h4,6,14H,2-3H2,1H3. The summed E-state index contributed by atoms with van der Waals surface area (Å²) in [7, 11) is 0. The second-order valence-corrected chi connectivity index (χ2v) is 5.85. The van der Waals surface area contributed by atoms with Gasteiger partial charge in [0.1, 0.15) is 5.75 Å². The molecule has 0 unspecified atom stereocenters. The Kier molecular flexibility index (Phi) is 2.04. The van der Waals surface area contributed by atoms with Crippen LogP contribution in [0.2, 0.25) is 0 Å². The van der Waals surface area contributed by atoms with E-state index in [1.807, 2.05) is 13.0 Å². The maximum Gasteiger partial charge on any atom is 0.134 e. The molecule has 0 bridgehead atoms. The molecule has 0 amide bonds. The summed E-state index contributed by atoms with van der Waals surface area (Å²) in [5.74, 6) is 1.02. The molecule has 0 atom stereocenters. The highest BCUT2D eigenvalue weighted by Gasteiger charge is 2.27. The summed E-state index contributed by atoms with van der Waals surface area (Å²) in [5, 5.41) is 11.0. The van der Waals surface area contributed by atoms with Gasteiger partial charge in [0.25, 0.3) is 0 Å². The van der Waals surface area contributed by atoms with Gasteiger partial charge in [-0.15, -0.1) is 11.3 Å². The Labute approximate surface area is 100 Å². The van der Waals surface area contributed by atoms with Crippen LogP contribution in [0.15, 0.2) is 10.5 Å². The molecule has 1 aromatic heterocycles. The number of phenols is 1. The van der Waals surface area contributed by atoms with Gasteiger partial charge in [0.15, 0.2) is 0 Å². The van der Waals surface area contributed by atoms with Gasteiger partial charge in [-0.1, -0.05) is 0 Å². The number of aromatic nitrogens is 1. The van der Waals surface area contributed by atoms with E-state index in [2.05, 4.69) is 20.9 Å². The van der Waals surface area contributed by atoms with Crippen molar-refractivity contribution >= 4 is 37.5 Å². The molecular formula is C11H10BrNOS. The quantitative estimate of drug-likeness (QED) is 0.860. The highest BCUT2D eigenvalue weighted by atomic mass is 79.9. The number of thiazole rings is 1. The zero-order valence-electron chi connectivity index (χ0n) is 8.25. The molecular weight excluding hydrogens is 274 g/mol. The summed E-state index contributed by atoms with van der Waals surface area (Å²) in [6, 6.07) is 1.96.